The Hall–Kier alpha value is -2.71. The number of rotatable bonds is 5. The van der Waals surface area contributed by atoms with E-state index in [9.17, 15) is 4.79 Å². The number of aromatic nitrogens is 2. The lowest BCUT2D eigenvalue weighted by molar-refractivity contribution is 0.247. The number of nitrogens with zero attached hydrogens (tertiary/aromatic N) is 5. The van der Waals surface area contributed by atoms with Crippen LogP contribution in [-0.2, 0) is 6.54 Å². The molecule has 2 amide bonds. The molecule has 1 aromatic carbocycles. The van der Waals surface area contributed by atoms with Gasteiger partial charge in [0.2, 0.25) is 5.95 Å². The van der Waals surface area contributed by atoms with Gasteiger partial charge in [0.05, 0.1) is 17.3 Å². The summed E-state index contributed by atoms with van der Waals surface area (Å²) in [6.45, 7) is 2.98. The van der Waals surface area contributed by atoms with E-state index in [-0.39, 0.29) is 6.03 Å². The molecule has 152 valence electrons. The third kappa shape index (κ3) is 4.04. The van der Waals surface area contributed by atoms with E-state index in [1.54, 1.807) is 29.1 Å². The average Bonchev–Trinajstić information content (AvgIpc) is 2.73. The van der Waals surface area contributed by atoms with Crippen molar-refractivity contribution in [3.05, 3.63) is 41.0 Å². The highest BCUT2D eigenvalue weighted by Crippen LogP contribution is 2.33. The van der Waals surface area contributed by atoms with Crippen LogP contribution in [-0.4, -0.2) is 59.8 Å². The fraction of sp³-hybridized carbons (Fsp3) is 0.400. The maximum absolute atomic E-state index is 12.9. The molecule has 0 saturated carbocycles. The lowest BCUT2D eigenvalue weighted by Crippen LogP contribution is -2.46. The summed E-state index contributed by atoms with van der Waals surface area (Å²) in [6.07, 6.45) is 5.17. The molecule has 0 bridgehead atoms. The van der Waals surface area contributed by atoms with Gasteiger partial charge >= 0.3 is 6.03 Å². The lowest BCUT2D eigenvalue weighted by atomic mass is 10.1. The number of para-hydroxylation sites is 1. The zero-order valence-electron chi connectivity index (χ0n) is 16.3. The third-order valence-electron chi connectivity index (χ3n) is 5.42. The standard InChI is InChI=1S/C20H24ClN7O/c1-26-18-14(13-28(20(26)29)17-5-3-2-4-16(17)21)12-23-19(25-18)24-15-6-9-27(10-7-15)11-8-22/h2-5,8,12,15,22H,6-7,9-11,13H2,1H3,(H,23,24,25). The average molecular weight is 414 g/mol. The van der Waals surface area contributed by atoms with E-state index in [1.165, 1.54) is 6.21 Å². The summed E-state index contributed by atoms with van der Waals surface area (Å²) in [6, 6.07) is 7.43. The van der Waals surface area contributed by atoms with E-state index in [0.29, 0.717) is 41.6 Å². The first-order chi connectivity index (χ1) is 14.1. The van der Waals surface area contributed by atoms with E-state index in [0.717, 1.165) is 31.5 Å². The minimum absolute atomic E-state index is 0.171. The number of anilines is 3. The second-order valence-corrected chi connectivity index (χ2v) is 7.75. The summed E-state index contributed by atoms with van der Waals surface area (Å²) in [7, 11) is 1.72. The Balaban J connectivity index is 1.49. The van der Waals surface area contributed by atoms with Gasteiger partial charge in [-0.05, 0) is 25.0 Å². The number of amides is 2. The molecule has 1 aromatic heterocycles. The van der Waals surface area contributed by atoms with Crippen molar-refractivity contribution in [2.45, 2.75) is 25.4 Å². The predicted octanol–water partition coefficient (Wildman–Crippen LogP) is 3.23. The maximum Gasteiger partial charge on any atom is 0.330 e. The van der Waals surface area contributed by atoms with Crippen LogP contribution in [0, 0.1) is 5.41 Å². The highest BCUT2D eigenvalue weighted by Gasteiger charge is 2.31. The van der Waals surface area contributed by atoms with Gasteiger partial charge in [0.15, 0.2) is 0 Å². The molecule has 0 atom stereocenters. The van der Waals surface area contributed by atoms with Gasteiger partial charge in [-0.15, -0.1) is 0 Å². The highest BCUT2D eigenvalue weighted by molar-refractivity contribution is 6.34. The van der Waals surface area contributed by atoms with Crippen LogP contribution in [0.4, 0.5) is 22.2 Å². The summed E-state index contributed by atoms with van der Waals surface area (Å²) in [5, 5.41) is 11.2. The van der Waals surface area contributed by atoms with Gasteiger partial charge in [-0.2, -0.15) is 4.98 Å². The molecule has 3 heterocycles. The Bertz CT molecular complexity index is 913. The van der Waals surface area contributed by atoms with Crippen molar-refractivity contribution >= 4 is 41.3 Å². The van der Waals surface area contributed by atoms with Gasteiger partial charge in [-0.3, -0.25) is 14.7 Å². The number of hydrogen-bond acceptors (Lipinski definition) is 6. The van der Waals surface area contributed by atoms with Gasteiger partial charge in [0, 0.05) is 50.7 Å². The highest BCUT2D eigenvalue weighted by atomic mass is 35.5. The van der Waals surface area contributed by atoms with Crippen molar-refractivity contribution in [3.63, 3.8) is 0 Å². The van der Waals surface area contributed by atoms with Crippen LogP contribution in [0.2, 0.25) is 5.02 Å². The van der Waals surface area contributed by atoms with Crippen molar-refractivity contribution < 1.29 is 4.79 Å². The minimum atomic E-state index is -0.171. The van der Waals surface area contributed by atoms with Crippen LogP contribution in [0.15, 0.2) is 30.5 Å². The summed E-state index contributed by atoms with van der Waals surface area (Å²) < 4.78 is 0. The van der Waals surface area contributed by atoms with E-state index in [1.807, 2.05) is 18.2 Å². The second kappa shape index (κ2) is 8.34. The molecule has 9 heteroatoms. The Morgan fingerprint density at radius 1 is 1.31 bits per heavy atom. The van der Waals surface area contributed by atoms with Crippen molar-refractivity contribution in [2.24, 2.45) is 0 Å². The molecular weight excluding hydrogens is 390 g/mol. The van der Waals surface area contributed by atoms with E-state index in [2.05, 4.69) is 20.2 Å². The number of piperidine rings is 1. The number of likely N-dealkylation sites (tertiary alicyclic amines) is 1. The van der Waals surface area contributed by atoms with Crippen LogP contribution < -0.4 is 15.1 Å². The Morgan fingerprint density at radius 3 is 2.79 bits per heavy atom. The van der Waals surface area contributed by atoms with E-state index < -0.39 is 0 Å². The number of fused-ring (bicyclic) bond motifs is 1. The number of nitrogens with one attached hydrogen (secondary N) is 2. The van der Waals surface area contributed by atoms with Crippen molar-refractivity contribution in [1.82, 2.24) is 14.9 Å². The molecule has 2 aliphatic rings. The minimum Gasteiger partial charge on any atom is -0.351 e. The molecule has 8 nitrogen and oxygen atoms in total. The number of hydrogen-bond donors (Lipinski definition) is 2. The maximum atomic E-state index is 12.9. The van der Waals surface area contributed by atoms with Crippen LogP contribution in [0.3, 0.4) is 0 Å². The van der Waals surface area contributed by atoms with Crippen molar-refractivity contribution in [1.29, 1.82) is 5.41 Å². The van der Waals surface area contributed by atoms with Gasteiger partial charge < -0.3 is 10.7 Å². The molecule has 1 fully saturated rings. The summed E-state index contributed by atoms with van der Waals surface area (Å²) in [5.41, 5.74) is 1.55. The van der Waals surface area contributed by atoms with Crippen molar-refractivity contribution in [3.8, 4) is 0 Å². The zero-order valence-corrected chi connectivity index (χ0v) is 17.1. The van der Waals surface area contributed by atoms with Crippen molar-refractivity contribution in [2.75, 3.05) is 41.8 Å². The van der Waals surface area contributed by atoms with E-state index in [4.69, 9.17) is 17.0 Å². The Morgan fingerprint density at radius 2 is 2.07 bits per heavy atom. The SMILES string of the molecule is CN1C(=O)N(c2ccccc2Cl)Cc2cnc(NC3CCN(CC=N)CC3)nc21. The van der Waals surface area contributed by atoms with Gasteiger partial charge in [0.1, 0.15) is 5.82 Å². The molecule has 0 spiro atoms. The summed E-state index contributed by atoms with van der Waals surface area (Å²) in [4.78, 5) is 27.5. The van der Waals surface area contributed by atoms with Crippen LogP contribution in [0.25, 0.3) is 0 Å². The second-order valence-electron chi connectivity index (χ2n) is 7.34. The molecule has 1 saturated heterocycles. The topological polar surface area (TPSA) is 88.5 Å². The van der Waals surface area contributed by atoms with Gasteiger partial charge in [-0.1, -0.05) is 23.7 Å². The van der Waals surface area contributed by atoms with Gasteiger partial charge in [0.25, 0.3) is 0 Å². The first kappa shape index (κ1) is 19.6. The number of urea groups is 1. The van der Waals surface area contributed by atoms with Crippen LogP contribution in [0.1, 0.15) is 18.4 Å². The summed E-state index contributed by atoms with van der Waals surface area (Å²) in [5.74, 6) is 1.16. The molecule has 0 radical (unpaired) electrons. The lowest BCUT2D eigenvalue weighted by Gasteiger charge is -2.35. The molecular formula is C20H24ClN7O. The largest absolute Gasteiger partial charge is 0.351 e. The first-order valence-corrected chi connectivity index (χ1v) is 10.1. The molecule has 29 heavy (non-hydrogen) atoms. The molecule has 2 N–H and O–H groups in total. The first-order valence-electron chi connectivity index (χ1n) is 9.70. The number of carbonyl (C=O) groups is 1. The molecule has 0 aliphatic carbocycles. The smallest absolute Gasteiger partial charge is 0.330 e. The third-order valence-corrected chi connectivity index (χ3v) is 5.74. The Kier molecular flexibility index (Phi) is 5.64. The normalized spacial score (nSPS) is 17.9. The summed E-state index contributed by atoms with van der Waals surface area (Å²) >= 11 is 6.29. The van der Waals surface area contributed by atoms with Crippen LogP contribution in [0.5, 0.6) is 0 Å². The van der Waals surface area contributed by atoms with Crippen LogP contribution >= 0.6 is 11.6 Å². The number of halogens is 1. The molecule has 4 rings (SSSR count). The predicted molar refractivity (Wildman–Crippen MR) is 115 cm³/mol. The molecule has 2 aromatic rings. The van der Waals surface area contributed by atoms with Gasteiger partial charge in [-0.25, -0.2) is 9.78 Å². The Labute approximate surface area is 175 Å². The number of carbonyl (C=O) groups excluding carboxylic acids is 1. The molecule has 0 unspecified atom stereocenters. The molecule has 2 aliphatic heterocycles. The fourth-order valence-corrected chi connectivity index (χ4v) is 4.05. The zero-order chi connectivity index (χ0) is 20.4. The van der Waals surface area contributed by atoms with E-state index >= 15 is 0 Å². The fourth-order valence-electron chi connectivity index (χ4n) is 3.81. The monoisotopic (exact) mass is 413 g/mol. The quantitative estimate of drug-likeness (QED) is 0.734. The number of benzene rings is 1.